The van der Waals surface area contributed by atoms with Crippen LogP contribution in [-0.4, -0.2) is 25.1 Å². The van der Waals surface area contributed by atoms with E-state index in [-0.39, 0.29) is 11.5 Å². The maximum atomic E-state index is 6.10. The molecule has 1 aliphatic heterocycles. The second-order valence-corrected chi connectivity index (χ2v) is 9.17. The summed E-state index contributed by atoms with van der Waals surface area (Å²) in [6, 6.07) is 13.6. The second-order valence-electron chi connectivity index (χ2n) is 9.17. The molecule has 3 nitrogen and oxygen atoms in total. The van der Waals surface area contributed by atoms with Gasteiger partial charge in [0.05, 0.1) is 6.61 Å². The first-order valence-corrected chi connectivity index (χ1v) is 11.5. The highest BCUT2D eigenvalue weighted by Gasteiger charge is 2.34. The molecule has 0 amide bonds. The number of allylic oxidation sites excluding steroid dienone is 1. The van der Waals surface area contributed by atoms with E-state index in [1.807, 2.05) is 19.9 Å². The van der Waals surface area contributed by atoms with Crippen molar-refractivity contribution in [3.05, 3.63) is 76.9 Å². The van der Waals surface area contributed by atoms with E-state index in [9.17, 15) is 0 Å². The molecule has 0 spiro atoms. The summed E-state index contributed by atoms with van der Waals surface area (Å²) in [6.45, 7) is 17.7. The Morgan fingerprint density at radius 1 is 1.06 bits per heavy atom. The van der Waals surface area contributed by atoms with Gasteiger partial charge in [-0.1, -0.05) is 50.3 Å². The van der Waals surface area contributed by atoms with Gasteiger partial charge in [0.1, 0.15) is 18.5 Å². The normalized spacial score (nSPS) is 18.2. The summed E-state index contributed by atoms with van der Waals surface area (Å²) in [5, 5.41) is 0. The molecule has 0 aliphatic carbocycles. The van der Waals surface area contributed by atoms with Crippen molar-refractivity contribution in [2.75, 3.05) is 13.2 Å². The Hall–Kier alpha value is -2.10. The molecule has 168 valence electrons. The molecule has 1 saturated heterocycles. The summed E-state index contributed by atoms with van der Waals surface area (Å²) in [5.41, 5.74) is 6.56. The fourth-order valence-corrected chi connectivity index (χ4v) is 4.75. The van der Waals surface area contributed by atoms with Crippen LogP contribution in [0.5, 0.6) is 5.75 Å². The first-order valence-electron chi connectivity index (χ1n) is 11.5. The van der Waals surface area contributed by atoms with Gasteiger partial charge < -0.3 is 14.2 Å². The molecule has 3 rings (SSSR count). The Kier molecular flexibility index (Phi) is 7.28. The van der Waals surface area contributed by atoms with Crippen molar-refractivity contribution >= 4 is 0 Å². The molecule has 1 aliphatic rings. The minimum atomic E-state index is -0.520. The average Bonchev–Trinajstić information content (AvgIpc) is 3.09. The van der Waals surface area contributed by atoms with Gasteiger partial charge in [0.25, 0.3) is 0 Å². The van der Waals surface area contributed by atoms with Gasteiger partial charge in [-0.2, -0.15) is 0 Å². The predicted molar refractivity (Wildman–Crippen MR) is 128 cm³/mol. The van der Waals surface area contributed by atoms with Crippen molar-refractivity contribution in [3.8, 4) is 5.75 Å². The molecular weight excluding hydrogens is 384 g/mol. The smallest absolute Gasteiger partial charge is 0.163 e. The molecule has 1 fully saturated rings. The van der Waals surface area contributed by atoms with Gasteiger partial charge in [0.15, 0.2) is 5.79 Å². The predicted octanol–water partition coefficient (Wildman–Crippen LogP) is 6.67. The molecule has 1 atom stereocenters. The van der Waals surface area contributed by atoms with Crippen LogP contribution in [0, 0.1) is 13.8 Å². The van der Waals surface area contributed by atoms with Crippen LogP contribution in [0.1, 0.15) is 68.4 Å². The third kappa shape index (κ3) is 5.05. The summed E-state index contributed by atoms with van der Waals surface area (Å²) in [5.74, 6) is 0.393. The number of hydrogen-bond donors (Lipinski definition) is 0. The van der Waals surface area contributed by atoms with E-state index in [4.69, 9.17) is 14.2 Å². The Labute approximate surface area is 188 Å². The minimum Gasteiger partial charge on any atom is -0.491 e. The molecule has 0 aromatic heterocycles. The lowest BCUT2D eigenvalue weighted by Crippen LogP contribution is -2.27. The lowest BCUT2D eigenvalue weighted by molar-refractivity contribution is -0.141. The first-order chi connectivity index (χ1) is 14.7. The molecule has 2 aromatic carbocycles. The number of hydrogen-bond acceptors (Lipinski definition) is 3. The molecule has 1 heterocycles. The molecular formula is C28H38O3. The van der Waals surface area contributed by atoms with E-state index in [1.165, 1.54) is 22.3 Å². The van der Waals surface area contributed by atoms with Gasteiger partial charge >= 0.3 is 0 Å². The van der Waals surface area contributed by atoms with Crippen LogP contribution in [0.3, 0.4) is 0 Å². The molecule has 0 N–H and O–H groups in total. The van der Waals surface area contributed by atoms with E-state index < -0.39 is 5.79 Å². The topological polar surface area (TPSA) is 27.7 Å². The van der Waals surface area contributed by atoms with E-state index in [0.29, 0.717) is 13.2 Å². The molecule has 3 heteroatoms. The van der Waals surface area contributed by atoms with Gasteiger partial charge in [-0.25, -0.2) is 0 Å². The van der Waals surface area contributed by atoms with Gasteiger partial charge in [-0.3, -0.25) is 0 Å². The third-order valence-electron chi connectivity index (χ3n) is 6.69. The Bertz CT molecular complexity index is 908. The number of rotatable bonds is 9. The zero-order valence-corrected chi connectivity index (χ0v) is 20.1. The molecule has 0 radical (unpaired) electrons. The van der Waals surface area contributed by atoms with Crippen molar-refractivity contribution in [1.29, 1.82) is 0 Å². The number of aryl methyl sites for hydroxylation is 2. The second kappa shape index (κ2) is 9.58. The SMILES string of the molecule is C=CCc1ccc(C(CC)(CC)c2ccc(OCC3COC(C)(C)O3)c(C)c2)cc1C. The summed E-state index contributed by atoms with van der Waals surface area (Å²) in [4.78, 5) is 0. The fourth-order valence-electron chi connectivity index (χ4n) is 4.75. The van der Waals surface area contributed by atoms with Gasteiger partial charge in [0, 0.05) is 5.41 Å². The molecule has 0 bridgehead atoms. The van der Waals surface area contributed by atoms with Crippen molar-refractivity contribution in [3.63, 3.8) is 0 Å². The summed E-state index contributed by atoms with van der Waals surface area (Å²) < 4.78 is 17.6. The quantitative estimate of drug-likeness (QED) is 0.422. The maximum absolute atomic E-state index is 6.10. The van der Waals surface area contributed by atoms with Crippen molar-refractivity contribution < 1.29 is 14.2 Å². The fraction of sp³-hybridized carbons (Fsp3) is 0.500. The van der Waals surface area contributed by atoms with E-state index in [0.717, 1.165) is 30.6 Å². The van der Waals surface area contributed by atoms with E-state index >= 15 is 0 Å². The Morgan fingerprint density at radius 2 is 1.71 bits per heavy atom. The largest absolute Gasteiger partial charge is 0.491 e. The Balaban J connectivity index is 1.84. The average molecular weight is 423 g/mol. The van der Waals surface area contributed by atoms with Crippen LogP contribution in [0.4, 0.5) is 0 Å². The van der Waals surface area contributed by atoms with Gasteiger partial charge in [-0.05, 0) is 80.8 Å². The zero-order chi connectivity index (χ0) is 22.6. The zero-order valence-electron chi connectivity index (χ0n) is 20.1. The standard InChI is InChI=1S/C28H38O3/c1-8-11-22-12-13-23(16-20(22)4)28(9-2,10-3)24-14-15-26(21(5)17-24)29-18-25-19-30-27(6,7)31-25/h8,12-17,25H,1,9-11,18-19H2,2-7H3. The highest BCUT2D eigenvalue weighted by molar-refractivity contribution is 5.47. The van der Waals surface area contributed by atoms with Crippen LogP contribution < -0.4 is 4.74 Å². The van der Waals surface area contributed by atoms with Crippen LogP contribution in [0.25, 0.3) is 0 Å². The third-order valence-corrected chi connectivity index (χ3v) is 6.69. The van der Waals surface area contributed by atoms with E-state index in [1.54, 1.807) is 0 Å². The highest BCUT2D eigenvalue weighted by atomic mass is 16.7. The van der Waals surface area contributed by atoms with Crippen LogP contribution in [-0.2, 0) is 21.3 Å². The summed E-state index contributed by atoms with van der Waals surface area (Å²) in [7, 11) is 0. The van der Waals surface area contributed by atoms with E-state index in [2.05, 4.69) is 70.7 Å². The van der Waals surface area contributed by atoms with Gasteiger partial charge in [-0.15, -0.1) is 6.58 Å². The van der Waals surface area contributed by atoms with Crippen molar-refractivity contribution in [2.24, 2.45) is 0 Å². The molecule has 1 unspecified atom stereocenters. The number of ether oxygens (including phenoxy) is 3. The minimum absolute atomic E-state index is 0.00676. The van der Waals surface area contributed by atoms with Crippen molar-refractivity contribution in [1.82, 2.24) is 0 Å². The molecule has 2 aromatic rings. The van der Waals surface area contributed by atoms with Crippen LogP contribution >= 0.6 is 0 Å². The van der Waals surface area contributed by atoms with Crippen LogP contribution in [0.15, 0.2) is 49.1 Å². The van der Waals surface area contributed by atoms with Gasteiger partial charge in [0.2, 0.25) is 0 Å². The van der Waals surface area contributed by atoms with Crippen LogP contribution in [0.2, 0.25) is 0 Å². The number of benzene rings is 2. The summed E-state index contributed by atoms with van der Waals surface area (Å²) in [6.07, 6.45) is 4.95. The monoisotopic (exact) mass is 422 g/mol. The highest BCUT2D eigenvalue weighted by Crippen LogP contribution is 2.41. The molecule has 31 heavy (non-hydrogen) atoms. The lowest BCUT2D eigenvalue weighted by Gasteiger charge is -2.34. The van der Waals surface area contributed by atoms with Crippen molar-refractivity contribution in [2.45, 2.75) is 78.1 Å². The first kappa shape index (κ1) is 23.6. The maximum Gasteiger partial charge on any atom is 0.163 e. The Morgan fingerprint density at radius 3 is 2.23 bits per heavy atom. The lowest BCUT2D eigenvalue weighted by atomic mass is 9.70. The molecule has 0 saturated carbocycles. The summed E-state index contributed by atoms with van der Waals surface area (Å²) >= 11 is 0.